The number of carbonyl (C=O) groups excluding carboxylic acids is 1. The average Bonchev–Trinajstić information content (AvgIpc) is 3.04. The second kappa shape index (κ2) is 13.9. The number of alkyl halides is 1. The van der Waals surface area contributed by atoms with Gasteiger partial charge in [0, 0.05) is 0 Å². The number of ether oxygens (including phenoxy) is 1. The molecule has 2 bridgehead atoms. The van der Waals surface area contributed by atoms with Crippen LogP contribution in [0.1, 0.15) is 37.2 Å². The zero-order valence-corrected chi connectivity index (χ0v) is 25.6. The van der Waals surface area contributed by atoms with Crippen molar-refractivity contribution in [2.75, 3.05) is 27.0 Å². The van der Waals surface area contributed by atoms with Crippen molar-refractivity contribution in [3.63, 3.8) is 0 Å². The summed E-state index contributed by atoms with van der Waals surface area (Å²) in [5.41, 5.74) is 1.27. The van der Waals surface area contributed by atoms with E-state index >= 15 is 0 Å². The van der Waals surface area contributed by atoms with E-state index in [1.165, 1.54) is 16.3 Å². The van der Waals surface area contributed by atoms with Crippen LogP contribution in [0.2, 0.25) is 14.8 Å². The monoisotopic (exact) mass is 658 g/mol. The van der Waals surface area contributed by atoms with Crippen LogP contribution < -0.4 is 3.58 Å². The van der Waals surface area contributed by atoms with Crippen molar-refractivity contribution in [1.29, 1.82) is 1.28 Å². The Kier molecular flexibility index (Phi) is 12.4. The third-order valence-electron chi connectivity index (χ3n) is 6.29. The minimum atomic E-state index is -2.07. The molecule has 5 atom stereocenters. The molecule has 1 aromatic rings. The van der Waals surface area contributed by atoms with Gasteiger partial charge in [-0.3, -0.25) is 0 Å². The Balaban J connectivity index is 0.000000884. The van der Waals surface area contributed by atoms with E-state index in [0.29, 0.717) is 21.6 Å². The van der Waals surface area contributed by atoms with Crippen LogP contribution in [0, 0.1) is 5.92 Å². The summed E-state index contributed by atoms with van der Waals surface area (Å²) in [6.45, 7) is 2.28. The average molecular weight is 656 g/mol. The number of hydrogen-bond donors (Lipinski definition) is 0. The predicted molar refractivity (Wildman–Crippen MR) is 129 cm³/mol. The molecular weight excluding hydrogens is 617 g/mol. The Morgan fingerprint density at radius 1 is 1.30 bits per heavy atom. The van der Waals surface area contributed by atoms with Crippen LogP contribution in [0.15, 0.2) is 24.3 Å². The molecule has 169 valence electrons. The van der Waals surface area contributed by atoms with E-state index in [0.717, 1.165) is 25.8 Å². The predicted octanol–water partition coefficient (Wildman–Crippen LogP) is 4.23. The van der Waals surface area contributed by atoms with E-state index in [-0.39, 0.29) is 53.6 Å². The third-order valence-corrected chi connectivity index (χ3v) is 12.2. The Morgan fingerprint density at radius 3 is 2.40 bits per heavy atom. The van der Waals surface area contributed by atoms with Gasteiger partial charge in [0.1, 0.15) is 0 Å². The summed E-state index contributed by atoms with van der Waals surface area (Å²) in [5, 5.41) is 0. The van der Waals surface area contributed by atoms with Gasteiger partial charge < -0.3 is 0 Å². The fraction of sp³-hybridized carbons (Fsp3) is 0.682. The first-order valence-electron chi connectivity index (χ1n) is 11.1. The molecule has 5 unspecified atom stereocenters. The number of fused-ring (bicyclic) bond motifs is 2. The van der Waals surface area contributed by atoms with E-state index in [2.05, 4.69) is 44.0 Å². The second-order valence-corrected chi connectivity index (χ2v) is 23.3. The Hall–Kier alpha value is 0.537. The zero-order chi connectivity index (χ0) is 23.6. The summed E-state index contributed by atoms with van der Waals surface area (Å²) in [4.78, 5) is 22.3. The van der Waals surface area contributed by atoms with Crippen molar-refractivity contribution in [2.45, 2.75) is 58.5 Å². The Labute approximate surface area is 203 Å². The van der Waals surface area contributed by atoms with E-state index < -0.39 is 18.4 Å². The molecule has 0 N–H and O–H groups in total. The van der Waals surface area contributed by atoms with E-state index in [4.69, 9.17) is 6.02 Å². The molecule has 0 saturated carbocycles. The molecule has 2 heterocycles. The molecule has 0 aliphatic carbocycles. The van der Waals surface area contributed by atoms with Crippen LogP contribution >= 0.6 is 9.18 Å². The van der Waals surface area contributed by atoms with Crippen molar-refractivity contribution < 1.29 is 16.8 Å². The van der Waals surface area contributed by atoms with Gasteiger partial charge in [-0.1, -0.05) is 6.66 Å². The molecule has 2 aliphatic rings. The van der Waals surface area contributed by atoms with E-state index in [1.807, 2.05) is 6.66 Å². The molecule has 30 heavy (non-hydrogen) atoms. The first kappa shape index (κ1) is 26.8. The van der Waals surface area contributed by atoms with Gasteiger partial charge in [-0.05, 0) is 0 Å². The molecule has 8 heteroatoms. The zero-order valence-electron chi connectivity index (χ0n) is 19.9. The Bertz CT molecular complexity index is 664. The number of hydrogen-bond acceptors (Lipinski definition) is 3. The summed E-state index contributed by atoms with van der Waals surface area (Å²) < 4.78 is 35.2. The number of nitrogens with zero attached hydrogens (tertiary/aromatic N) is 1. The quantitative estimate of drug-likeness (QED) is 0.261. The number of benzene rings is 1. The molecule has 1 aromatic carbocycles. The molecule has 0 aromatic heterocycles. The topological polar surface area (TPSA) is 29.5 Å². The summed E-state index contributed by atoms with van der Waals surface area (Å²) in [5.74, 6) is -0.0298. The van der Waals surface area contributed by atoms with E-state index in [9.17, 15) is 12.1 Å². The van der Waals surface area contributed by atoms with Crippen LogP contribution in [-0.2, 0) is 9.53 Å². The molecule has 2 saturated heterocycles. The number of methoxy groups -OCH3 is 1. The van der Waals surface area contributed by atoms with Crippen LogP contribution in [0.3, 0.4) is 0 Å². The number of halogens is 2. The van der Waals surface area contributed by atoms with Gasteiger partial charge in [0.05, 0.1) is 1.28 Å². The maximum atomic E-state index is 12.7. The third kappa shape index (κ3) is 7.02. The Morgan fingerprint density at radius 2 is 1.90 bits per heavy atom. The number of carbonyl (C=O) groups is 1. The standard InChI is InChI=1S/C18H23FNO2.CH5P.3CH3.FH.2Sn/c1-22-18(21)17-15(13-6-3-2-4-7-13)12-14-8-9-16(17)20(14)11-5-10-19;1-2;;;;;;/h3-4,6-7,14-17H,5,8-12H2,1H3;2H2,1H3;3*1H3;1H;;/q;;;;;;;+1/p-1/i;2T;;;;;;. The van der Waals surface area contributed by atoms with Crippen molar-refractivity contribution in [2.24, 2.45) is 5.92 Å². The van der Waals surface area contributed by atoms with Gasteiger partial charge in [0.2, 0.25) is 0 Å². The van der Waals surface area contributed by atoms with Crippen molar-refractivity contribution in [3.05, 3.63) is 29.8 Å². The first-order chi connectivity index (χ1) is 14.8. The minimum absolute atomic E-state index is 0.0500. The summed E-state index contributed by atoms with van der Waals surface area (Å²) >= 11 is -2.02. The summed E-state index contributed by atoms with van der Waals surface area (Å²) in [6, 6.07) is 9.73. The fourth-order valence-electron chi connectivity index (χ4n) is 4.93. The van der Waals surface area contributed by atoms with Crippen LogP contribution in [0.5, 0.6) is 0 Å². The second-order valence-electron chi connectivity index (χ2n) is 8.84. The summed E-state index contributed by atoms with van der Waals surface area (Å²) in [7, 11) is 1.82. The van der Waals surface area contributed by atoms with Crippen molar-refractivity contribution >= 4 is 60.2 Å². The van der Waals surface area contributed by atoms with E-state index in [1.54, 1.807) is 0 Å². The molecular formula is C22H37F2NO2PSn2. The van der Waals surface area contributed by atoms with Gasteiger partial charge in [-0.25, -0.2) is 0 Å². The van der Waals surface area contributed by atoms with Gasteiger partial charge in [-0.2, -0.15) is 0 Å². The number of rotatable bonds is 6. The molecule has 3 nitrogen and oxygen atoms in total. The van der Waals surface area contributed by atoms with Crippen LogP contribution in [0.4, 0.5) is 7.26 Å². The van der Waals surface area contributed by atoms with Gasteiger partial charge in [0.25, 0.3) is 0 Å². The van der Waals surface area contributed by atoms with Crippen LogP contribution in [0.25, 0.3) is 0 Å². The molecule has 3 radical (unpaired) electrons. The SMILES string of the molecule is COC(=O)C1C(c2cc[c]([Sn]([CH3])([CH3])[CH3])cc2)CC2CCC1N2CCCF.[3H]PC.[F][Sn]. The molecule has 3 rings (SSSR count). The first-order valence-corrected chi connectivity index (χ1v) is 22.6. The molecule has 0 amide bonds. The normalized spacial score (nSPS) is 26.3. The fourth-order valence-corrected chi connectivity index (χ4v) is 8.26. The van der Waals surface area contributed by atoms with Crippen LogP contribution in [-0.4, -0.2) is 92.7 Å². The summed E-state index contributed by atoms with van der Waals surface area (Å²) in [6.07, 6.45) is 3.65. The number of piperidine rings is 1. The molecule has 0 spiro atoms. The van der Waals surface area contributed by atoms with Gasteiger partial charge >= 0.3 is 187 Å². The van der Waals surface area contributed by atoms with Crippen molar-refractivity contribution in [1.82, 2.24) is 4.90 Å². The van der Waals surface area contributed by atoms with Gasteiger partial charge in [-0.15, -0.1) is 9.18 Å². The van der Waals surface area contributed by atoms with Crippen molar-refractivity contribution in [3.8, 4) is 0 Å². The van der Waals surface area contributed by atoms with Gasteiger partial charge in [0.15, 0.2) is 0 Å². The maximum absolute atomic E-state index is 12.7. The number of esters is 1. The molecule has 2 fully saturated rings. The molecule has 2 aliphatic heterocycles.